The molecule has 3 heteroatoms. The van der Waals surface area contributed by atoms with E-state index in [1.807, 2.05) is 0 Å². The maximum absolute atomic E-state index is 8.63. The molecular weight excluding hydrogens is 330 g/mol. The zero-order chi connectivity index (χ0) is 21.0. The molecule has 1 atom stereocenters. The van der Waals surface area contributed by atoms with Gasteiger partial charge >= 0.3 is 0 Å². The third-order valence-electron chi connectivity index (χ3n) is 4.66. The zero-order valence-corrected chi connectivity index (χ0v) is 19.6. The van der Waals surface area contributed by atoms with Gasteiger partial charge in [0.1, 0.15) is 6.04 Å². The van der Waals surface area contributed by atoms with Gasteiger partial charge in [-0.05, 0) is 6.42 Å². The number of nitrogens with zero attached hydrogens (tertiary/aromatic N) is 1. The second-order valence-electron chi connectivity index (χ2n) is 7.53. The predicted molar refractivity (Wildman–Crippen MR) is 124 cm³/mol. The van der Waals surface area contributed by atoms with Crippen molar-refractivity contribution in [3.8, 4) is 6.07 Å². The van der Waals surface area contributed by atoms with E-state index in [2.05, 4.69) is 46.1 Å². The first-order valence-corrected chi connectivity index (χ1v) is 12.0. The Morgan fingerprint density at radius 3 is 1.19 bits per heavy atom. The molecule has 1 unspecified atom stereocenters. The summed E-state index contributed by atoms with van der Waals surface area (Å²) in [5, 5.41) is 8.63. The molecule has 3 N–H and O–H groups in total. The van der Waals surface area contributed by atoms with Crippen molar-refractivity contribution in [2.24, 2.45) is 5.84 Å². The normalized spacial score (nSPS) is 10.9. The van der Waals surface area contributed by atoms with Crippen molar-refractivity contribution in [1.82, 2.24) is 5.43 Å². The van der Waals surface area contributed by atoms with E-state index < -0.39 is 0 Å². The summed E-state index contributed by atoms with van der Waals surface area (Å²) in [6, 6.07) is 1.97. The van der Waals surface area contributed by atoms with Crippen LogP contribution in [-0.4, -0.2) is 6.04 Å². The second-order valence-corrected chi connectivity index (χ2v) is 7.53. The number of hydrogen-bond donors (Lipinski definition) is 2. The van der Waals surface area contributed by atoms with Crippen LogP contribution in [0.4, 0.5) is 0 Å². The molecule has 0 saturated heterocycles. The summed E-state index contributed by atoms with van der Waals surface area (Å²) in [7, 11) is 0. The van der Waals surface area contributed by atoms with Crippen LogP contribution in [0.5, 0.6) is 0 Å². The average Bonchev–Trinajstić information content (AvgIpc) is 2.71. The van der Waals surface area contributed by atoms with Gasteiger partial charge in [-0.2, -0.15) is 5.26 Å². The minimum atomic E-state index is -0.162. The summed E-state index contributed by atoms with van der Waals surface area (Å²) in [5.74, 6) is 5.21. The topological polar surface area (TPSA) is 61.8 Å². The molecule has 0 aromatic carbocycles. The van der Waals surface area contributed by atoms with Gasteiger partial charge in [0.2, 0.25) is 0 Å². The van der Waals surface area contributed by atoms with Crippen molar-refractivity contribution in [1.29, 1.82) is 5.26 Å². The molecule has 0 aliphatic rings. The van der Waals surface area contributed by atoms with E-state index >= 15 is 0 Å². The smallest absolute Gasteiger partial charge is 0.108 e. The summed E-state index contributed by atoms with van der Waals surface area (Å²) in [5.41, 5.74) is 2.51. The second kappa shape index (κ2) is 33.0. The summed E-state index contributed by atoms with van der Waals surface area (Å²) >= 11 is 0. The molecule has 0 saturated carbocycles. The summed E-state index contributed by atoms with van der Waals surface area (Å²) in [6.45, 7) is 11.1. The maximum atomic E-state index is 8.63. The molecule has 0 aliphatic heterocycles. The van der Waals surface area contributed by atoms with Crippen LogP contribution in [0.15, 0.2) is 0 Å². The lowest BCUT2D eigenvalue weighted by Gasteiger charge is -2.06. The molecule has 0 heterocycles. The molecule has 0 amide bonds. The first-order valence-electron chi connectivity index (χ1n) is 12.0. The Labute approximate surface area is 172 Å². The molecule has 3 nitrogen and oxygen atoms in total. The molecule has 0 bridgehead atoms. The van der Waals surface area contributed by atoms with Crippen LogP contribution in [0.1, 0.15) is 144 Å². The van der Waals surface area contributed by atoms with Gasteiger partial charge in [0, 0.05) is 0 Å². The lowest BCUT2D eigenvalue weighted by atomic mass is 10.1. The van der Waals surface area contributed by atoms with Crippen molar-refractivity contribution in [2.75, 3.05) is 0 Å². The Morgan fingerprint density at radius 2 is 0.926 bits per heavy atom. The van der Waals surface area contributed by atoms with E-state index in [4.69, 9.17) is 11.1 Å². The van der Waals surface area contributed by atoms with E-state index in [0.29, 0.717) is 0 Å². The van der Waals surface area contributed by atoms with E-state index in [-0.39, 0.29) is 6.04 Å². The van der Waals surface area contributed by atoms with Crippen LogP contribution in [0, 0.1) is 11.3 Å². The highest BCUT2D eigenvalue weighted by Crippen LogP contribution is 2.10. The minimum absolute atomic E-state index is 0.162. The van der Waals surface area contributed by atoms with E-state index in [1.165, 1.54) is 96.3 Å². The highest BCUT2D eigenvalue weighted by atomic mass is 15.2. The Balaban J connectivity index is -0.000000400. The average molecular weight is 384 g/mol. The fourth-order valence-electron chi connectivity index (χ4n) is 2.52. The molecular formula is C24H53N3. The standard InChI is InChI=1S/C12H25N3.C8H18.C4H10/c1-2-3-4-5-6-7-8-9-10-12(11-13)15-14;1-3-5-7-8-6-4-2;1-3-4-2/h12,15H,2-10,14H2,1H3;3-8H2,1-2H3;3-4H2,1-2H3. The molecule has 0 aromatic heterocycles. The van der Waals surface area contributed by atoms with Crippen LogP contribution >= 0.6 is 0 Å². The van der Waals surface area contributed by atoms with Crippen molar-refractivity contribution in [2.45, 2.75) is 150 Å². The first-order chi connectivity index (χ1) is 13.2. The monoisotopic (exact) mass is 383 g/mol. The maximum Gasteiger partial charge on any atom is 0.108 e. The number of hydrazine groups is 1. The van der Waals surface area contributed by atoms with E-state index in [0.717, 1.165) is 12.8 Å². The Kier molecular flexibility index (Phi) is 38.1. The Bertz CT molecular complexity index is 253. The van der Waals surface area contributed by atoms with E-state index in [1.54, 1.807) is 0 Å². The molecule has 27 heavy (non-hydrogen) atoms. The van der Waals surface area contributed by atoms with Crippen LogP contribution in [-0.2, 0) is 0 Å². The van der Waals surface area contributed by atoms with Gasteiger partial charge in [0.15, 0.2) is 0 Å². The van der Waals surface area contributed by atoms with Gasteiger partial charge in [0.05, 0.1) is 6.07 Å². The number of rotatable bonds is 16. The number of nitriles is 1. The van der Waals surface area contributed by atoms with Crippen molar-refractivity contribution in [3.05, 3.63) is 0 Å². The largest absolute Gasteiger partial charge is 0.270 e. The number of nitrogens with one attached hydrogen (secondary N) is 1. The van der Waals surface area contributed by atoms with Crippen LogP contribution in [0.3, 0.4) is 0 Å². The molecule has 164 valence electrons. The molecule has 0 fully saturated rings. The molecule has 0 rings (SSSR count). The fourth-order valence-corrected chi connectivity index (χ4v) is 2.52. The van der Waals surface area contributed by atoms with Crippen molar-refractivity contribution >= 4 is 0 Å². The van der Waals surface area contributed by atoms with Gasteiger partial charge in [-0.3, -0.25) is 5.84 Å². The summed E-state index contributed by atoms with van der Waals surface area (Å²) in [6.07, 6.45) is 22.4. The molecule has 0 radical (unpaired) electrons. The van der Waals surface area contributed by atoms with Crippen molar-refractivity contribution in [3.63, 3.8) is 0 Å². The Morgan fingerprint density at radius 1 is 0.593 bits per heavy atom. The van der Waals surface area contributed by atoms with Gasteiger partial charge < -0.3 is 0 Å². The Hall–Kier alpha value is -0.590. The van der Waals surface area contributed by atoms with Gasteiger partial charge in [0.25, 0.3) is 0 Å². The number of nitrogens with two attached hydrogens (primary N) is 1. The molecule has 0 aromatic rings. The van der Waals surface area contributed by atoms with Crippen LogP contribution < -0.4 is 11.3 Å². The zero-order valence-electron chi connectivity index (χ0n) is 19.6. The number of hydrogen-bond acceptors (Lipinski definition) is 3. The van der Waals surface area contributed by atoms with Crippen molar-refractivity contribution < 1.29 is 0 Å². The van der Waals surface area contributed by atoms with Crippen LogP contribution in [0.25, 0.3) is 0 Å². The van der Waals surface area contributed by atoms with Gasteiger partial charge in [-0.1, -0.05) is 137 Å². The summed E-state index contributed by atoms with van der Waals surface area (Å²) < 4.78 is 0. The lowest BCUT2D eigenvalue weighted by molar-refractivity contribution is 0.519. The molecule has 0 spiro atoms. The predicted octanol–water partition coefficient (Wildman–Crippen LogP) is 8.05. The first kappa shape index (κ1) is 31.1. The fraction of sp³-hybridized carbons (Fsp3) is 0.958. The van der Waals surface area contributed by atoms with Gasteiger partial charge in [-0.15, -0.1) is 0 Å². The lowest BCUT2D eigenvalue weighted by Crippen LogP contribution is -2.33. The van der Waals surface area contributed by atoms with Gasteiger partial charge in [-0.25, -0.2) is 5.43 Å². The quantitative estimate of drug-likeness (QED) is 0.161. The highest BCUT2D eigenvalue weighted by Gasteiger charge is 2.02. The minimum Gasteiger partial charge on any atom is -0.270 e. The SMILES string of the molecule is CCCC.CCCCCCCC.CCCCCCCCCCC(C#N)NN. The van der Waals surface area contributed by atoms with E-state index in [9.17, 15) is 0 Å². The highest BCUT2D eigenvalue weighted by molar-refractivity contribution is 4.87. The third kappa shape index (κ3) is 37.0. The third-order valence-corrected chi connectivity index (χ3v) is 4.66. The summed E-state index contributed by atoms with van der Waals surface area (Å²) in [4.78, 5) is 0. The number of unbranched alkanes of at least 4 members (excludes halogenated alkanes) is 13. The molecule has 0 aliphatic carbocycles. The van der Waals surface area contributed by atoms with Crippen LogP contribution in [0.2, 0.25) is 0 Å².